The molecule has 0 aliphatic rings. The second kappa shape index (κ2) is 5.36. The van der Waals surface area contributed by atoms with Crippen LogP contribution in [-0.2, 0) is 0 Å². The van der Waals surface area contributed by atoms with E-state index in [0.29, 0.717) is 0 Å². The standard InChI is InChI=1S/C20H18N2S/c1-13-10-14(2)19(15(3)11-13)17-12-23-20(21-17)22-9-8-16-6-4-5-7-18(16)22/h4-12H,1-3H3. The van der Waals surface area contributed by atoms with Crippen LogP contribution in [0.2, 0.25) is 0 Å². The average molecular weight is 318 g/mol. The predicted molar refractivity (Wildman–Crippen MR) is 98.6 cm³/mol. The zero-order valence-corrected chi connectivity index (χ0v) is 14.3. The van der Waals surface area contributed by atoms with E-state index in [1.54, 1.807) is 11.3 Å². The van der Waals surface area contributed by atoms with Gasteiger partial charge in [0.05, 0.1) is 11.2 Å². The maximum atomic E-state index is 4.91. The molecule has 0 atom stereocenters. The third-order valence-electron chi connectivity index (χ3n) is 4.23. The Labute approximate surface area is 140 Å². The molecule has 0 radical (unpaired) electrons. The van der Waals surface area contributed by atoms with Crippen molar-refractivity contribution in [3.8, 4) is 16.4 Å². The van der Waals surface area contributed by atoms with Crippen molar-refractivity contribution in [2.45, 2.75) is 20.8 Å². The van der Waals surface area contributed by atoms with Crippen LogP contribution >= 0.6 is 11.3 Å². The van der Waals surface area contributed by atoms with Gasteiger partial charge in [-0.1, -0.05) is 35.9 Å². The Morgan fingerprint density at radius 2 is 1.70 bits per heavy atom. The zero-order chi connectivity index (χ0) is 16.0. The van der Waals surface area contributed by atoms with Crippen LogP contribution in [0, 0.1) is 20.8 Å². The number of nitrogens with zero attached hydrogens (tertiary/aromatic N) is 2. The van der Waals surface area contributed by atoms with Crippen LogP contribution in [0.4, 0.5) is 0 Å². The fraction of sp³-hybridized carbons (Fsp3) is 0.150. The van der Waals surface area contributed by atoms with Gasteiger partial charge in [-0.3, -0.25) is 4.57 Å². The first-order chi connectivity index (χ1) is 11.1. The van der Waals surface area contributed by atoms with Gasteiger partial charge >= 0.3 is 0 Å². The van der Waals surface area contributed by atoms with E-state index in [2.05, 4.69) is 79.4 Å². The largest absolute Gasteiger partial charge is 0.293 e. The van der Waals surface area contributed by atoms with E-state index in [1.807, 2.05) is 0 Å². The minimum Gasteiger partial charge on any atom is -0.293 e. The molecule has 23 heavy (non-hydrogen) atoms. The second-order valence-electron chi connectivity index (χ2n) is 6.03. The Kier molecular flexibility index (Phi) is 3.31. The van der Waals surface area contributed by atoms with Crippen molar-refractivity contribution in [2.75, 3.05) is 0 Å². The van der Waals surface area contributed by atoms with E-state index in [9.17, 15) is 0 Å². The molecule has 4 aromatic rings. The molecule has 0 saturated carbocycles. The number of hydrogen-bond acceptors (Lipinski definition) is 2. The molecule has 0 saturated heterocycles. The molecule has 0 amide bonds. The maximum absolute atomic E-state index is 4.91. The van der Waals surface area contributed by atoms with Crippen molar-refractivity contribution in [3.05, 3.63) is 70.7 Å². The molecule has 3 heteroatoms. The number of aromatic nitrogens is 2. The third kappa shape index (κ3) is 2.37. The van der Waals surface area contributed by atoms with Crippen LogP contribution in [0.3, 0.4) is 0 Å². The van der Waals surface area contributed by atoms with Gasteiger partial charge in [0, 0.05) is 22.5 Å². The van der Waals surface area contributed by atoms with E-state index in [-0.39, 0.29) is 0 Å². The Morgan fingerprint density at radius 1 is 0.957 bits per heavy atom. The predicted octanol–water partition coefficient (Wildman–Crippen LogP) is 5.68. The van der Waals surface area contributed by atoms with Crippen LogP contribution in [0.25, 0.3) is 27.3 Å². The van der Waals surface area contributed by atoms with Gasteiger partial charge in [0.2, 0.25) is 0 Å². The number of benzene rings is 2. The van der Waals surface area contributed by atoms with Crippen LogP contribution in [0.1, 0.15) is 16.7 Å². The van der Waals surface area contributed by atoms with Crippen molar-refractivity contribution in [3.63, 3.8) is 0 Å². The summed E-state index contributed by atoms with van der Waals surface area (Å²) in [6.07, 6.45) is 2.10. The van der Waals surface area contributed by atoms with Gasteiger partial charge in [-0.2, -0.15) is 0 Å². The normalized spacial score (nSPS) is 11.3. The van der Waals surface area contributed by atoms with E-state index in [4.69, 9.17) is 4.98 Å². The monoisotopic (exact) mass is 318 g/mol. The SMILES string of the molecule is Cc1cc(C)c(-c2csc(-n3ccc4ccccc43)n2)c(C)c1. The minimum atomic E-state index is 1.01. The first kappa shape index (κ1) is 14.2. The van der Waals surface area contributed by atoms with Gasteiger partial charge < -0.3 is 0 Å². The molecule has 114 valence electrons. The highest BCUT2D eigenvalue weighted by Crippen LogP contribution is 2.31. The zero-order valence-electron chi connectivity index (χ0n) is 13.5. The van der Waals surface area contributed by atoms with Gasteiger partial charge in [-0.25, -0.2) is 4.98 Å². The van der Waals surface area contributed by atoms with E-state index in [1.165, 1.54) is 33.2 Å². The molecule has 4 rings (SSSR count). The van der Waals surface area contributed by atoms with Gasteiger partial charge in [-0.05, 0) is 44.0 Å². The van der Waals surface area contributed by atoms with Crippen LogP contribution in [-0.4, -0.2) is 9.55 Å². The fourth-order valence-electron chi connectivity index (χ4n) is 3.32. The molecule has 2 nitrogen and oxygen atoms in total. The highest BCUT2D eigenvalue weighted by atomic mass is 32.1. The lowest BCUT2D eigenvalue weighted by atomic mass is 9.98. The van der Waals surface area contributed by atoms with E-state index >= 15 is 0 Å². The van der Waals surface area contributed by atoms with Crippen molar-refractivity contribution in [1.82, 2.24) is 9.55 Å². The Bertz CT molecular complexity index is 984. The summed E-state index contributed by atoms with van der Waals surface area (Å²) in [6, 6.07) is 15.0. The molecule has 0 aliphatic carbocycles. The molecule has 0 fully saturated rings. The number of thiazole rings is 1. The Balaban J connectivity index is 1.84. The van der Waals surface area contributed by atoms with Gasteiger partial charge in [-0.15, -0.1) is 11.3 Å². The first-order valence-electron chi connectivity index (χ1n) is 7.74. The molecule has 0 bridgehead atoms. The fourth-order valence-corrected chi connectivity index (χ4v) is 4.13. The third-order valence-corrected chi connectivity index (χ3v) is 5.07. The van der Waals surface area contributed by atoms with E-state index < -0.39 is 0 Å². The summed E-state index contributed by atoms with van der Waals surface area (Å²) in [5.74, 6) is 0. The van der Waals surface area contributed by atoms with E-state index in [0.717, 1.165) is 10.8 Å². The van der Waals surface area contributed by atoms with Crippen molar-refractivity contribution >= 4 is 22.2 Å². The molecule has 2 aromatic heterocycles. The van der Waals surface area contributed by atoms with Crippen LogP contribution < -0.4 is 0 Å². The van der Waals surface area contributed by atoms with Gasteiger partial charge in [0.1, 0.15) is 0 Å². The molecule has 0 unspecified atom stereocenters. The summed E-state index contributed by atoms with van der Waals surface area (Å²) < 4.78 is 2.17. The second-order valence-corrected chi connectivity index (χ2v) is 6.87. The van der Waals surface area contributed by atoms with Gasteiger partial charge in [0.25, 0.3) is 0 Å². The quantitative estimate of drug-likeness (QED) is 0.465. The van der Waals surface area contributed by atoms with Crippen molar-refractivity contribution < 1.29 is 0 Å². The maximum Gasteiger partial charge on any atom is 0.194 e. The summed E-state index contributed by atoms with van der Waals surface area (Å²) in [5.41, 5.74) is 7.40. The summed E-state index contributed by atoms with van der Waals surface area (Å²) in [6.45, 7) is 6.47. The molecule has 2 aromatic carbocycles. The lowest BCUT2D eigenvalue weighted by molar-refractivity contribution is 1.09. The molecular formula is C20H18N2S. The molecule has 0 spiro atoms. The average Bonchev–Trinajstić information content (AvgIpc) is 3.12. The molecule has 0 aliphatic heterocycles. The number of para-hydroxylation sites is 1. The van der Waals surface area contributed by atoms with Crippen LogP contribution in [0.5, 0.6) is 0 Å². The lowest BCUT2D eigenvalue weighted by Crippen LogP contribution is -1.93. The topological polar surface area (TPSA) is 17.8 Å². The molecule has 2 heterocycles. The number of rotatable bonds is 2. The number of hydrogen-bond donors (Lipinski definition) is 0. The highest BCUT2D eigenvalue weighted by molar-refractivity contribution is 7.12. The highest BCUT2D eigenvalue weighted by Gasteiger charge is 2.12. The first-order valence-corrected chi connectivity index (χ1v) is 8.61. The minimum absolute atomic E-state index is 1.01. The molecule has 0 N–H and O–H groups in total. The Hall–Kier alpha value is -2.39. The summed E-state index contributed by atoms with van der Waals surface area (Å²) in [7, 11) is 0. The lowest BCUT2D eigenvalue weighted by Gasteiger charge is -2.08. The van der Waals surface area contributed by atoms with Crippen molar-refractivity contribution in [1.29, 1.82) is 0 Å². The summed E-state index contributed by atoms with van der Waals surface area (Å²) >= 11 is 1.69. The smallest absolute Gasteiger partial charge is 0.194 e. The van der Waals surface area contributed by atoms with Crippen LogP contribution in [0.15, 0.2) is 54.0 Å². The number of fused-ring (bicyclic) bond motifs is 1. The molecular weight excluding hydrogens is 300 g/mol. The summed E-state index contributed by atoms with van der Waals surface area (Å²) in [5, 5.41) is 4.42. The van der Waals surface area contributed by atoms with Crippen molar-refractivity contribution in [2.24, 2.45) is 0 Å². The van der Waals surface area contributed by atoms with Gasteiger partial charge in [0.15, 0.2) is 5.13 Å². The number of aryl methyl sites for hydroxylation is 3. The summed E-state index contributed by atoms with van der Waals surface area (Å²) in [4.78, 5) is 4.91. The Morgan fingerprint density at radius 3 is 2.48 bits per heavy atom.